The maximum absolute atomic E-state index is 8.84. The zero-order valence-electron chi connectivity index (χ0n) is 13.4. The van der Waals surface area contributed by atoms with Crippen LogP contribution in [0.4, 0.5) is 0 Å². The Morgan fingerprint density at radius 1 is 1.13 bits per heavy atom. The molecule has 0 unspecified atom stereocenters. The predicted molar refractivity (Wildman–Crippen MR) is 95.0 cm³/mol. The molecule has 2 N–H and O–H groups in total. The quantitative estimate of drug-likeness (QED) is 0.689. The summed E-state index contributed by atoms with van der Waals surface area (Å²) in [5, 5.41) is 12.0. The summed E-state index contributed by atoms with van der Waals surface area (Å²) in [5.41, 5.74) is 3.41. The van der Waals surface area contributed by atoms with Crippen molar-refractivity contribution in [2.45, 2.75) is 20.1 Å². The number of aliphatic hydroxyl groups is 1. The van der Waals surface area contributed by atoms with Gasteiger partial charge in [0.2, 0.25) is 0 Å². The van der Waals surface area contributed by atoms with E-state index in [0.29, 0.717) is 31.2 Å². The lowest BCUT2D eigenvalue weighted by Gasteiger charge is -2.15. The molecule has 0 heterocycles. The van der Waals surface area contributed by atoms with Crippen LogP contribution >= 0.6 is 15.9 Å². The van der Waals surface area contributed by atoms with Crippen LogP contribution in [0.2, 0.25) is 0 Å². The predicted octanol–water partition coefficient (Wildman–Crippen LogP) is 3.43. The molecular weight excluding hydrogens is 358 g/mol. The van der Waals surface area contributed by atoms with Gasteiger partial charge in [0, 0.05) is 17.6 Å². The summed E-state index contributed by atoms with van der Waals surface area (Å²) in [6, 6.07) is 12.0. The Kier molecular flexibility index (Phi) is 6.89. The van der Waals surface area contributed by atoms with Gasteiger partial charge in [-0.1, -0.05) is 40.2 Å². The highest BCUT2D eigenvalue weighted by atomic mass is 79.9. The van der Waals surface area contributed by atoms with Gasteiger partial charge in [0.05, 0.1) is 13.7 Å². The van der Waals surface area contributed by atoms with Gasteiger partial charge in [0.15, 0.2) is 11.5 Å². The minimum absolute atomic E-state index is 0.117. The van der Waals surface area contributed by atoms with Crippen LogP contribution in [0.15, 0.2) is 40.9 Å². The summed E-state index contributed by atoms with van der Waals surface area (Å²) in [6.45, 7) is 3.89. The lowest BCUT2D eigenvalue weighted by atomic mass is 10.1. The lowest BCUT2D eigenvalue weighted by Crippen LogP contribution is -2.17. The number of aryl methyl sites for hydroxylation is 1. The number of aliphatic hydroxyl groups excluding tert-OH is 1. The smallest absolute Gasteiger partial charge is 0.162 e. The van der Waals surface area contributed by atoms with Gasteiger partial charge >= 0.3 is 0 Å². The number of halogens is 1. The summed E-state index contributed by atoms with van der Waals surface area (Å²) in [4.78, 5) is 0. The van der Waals surface area contributed by atoms with E-state index in [2.05, 4.69) is 40.3 Å². The van der Waals surface area contributed by atoms with Gasteiger partial charge in [0.1, 0.15) is 6.61 Å². The molecule has 0 aliphatic heterocycles. The standard InChI is InChI=1S/C18H22BrNO3/c1-13-5-3-4-6-14(13)12-23-18-10-16(19)15(9-17(18)22-2)11-20-7-8-21/h3-6,9-10,20-21H,7-8,11-12H2,1-2H3. The molecule has 4 nitrogen and oxygen atoms in total. The molecule has 2 aromatic rings. The summed E-state index contributed by atoms with van der Waals surface area (Å²) in [5.74, 6) is 1.40. The van der Waals surface area contributed by atoms with Crippen molar-refractivity contribution in [2.24, 2.45) is 0 Å². The van der Waals surface area contributed by atoms with Crippen LogP contribution in [0.5, 0.6) is 11.5 Å². The first-order chi connectivity index (χ1) is 11.2. The molecule has 0 atom stereocenters. The second kappa shape index (κ2) is 8.91. The molecule has 0 radical (unpaired) electrons. The van der Waals surface area contributed by atoms with Crippen LogP contribution in [0.1, 0.15) is 16.7 Å². The minimum Gasteiger partial charge on any atom is -0.493 e. The van der Waals surface area contributed by atoms with Crippen LogP contribution in [-0.4, -0.2) is 25.4 Å². The lowest BCUT2D eigenvalue weighted by molar-refractivity contribution is 0.283. The van der Waals surface area contributed by atoms with Crippen molar-refractivity contribution in [2.75, 3.05) is 20.3 Å². The molecule has 124 valence electrons. The first kappa shape index (κ1) is 17.8. The third kappa shape index (κ3) is 4.96. The van der Waals surface area contributed by atoms with E-state index < -0.39 is 0 Å². The fourth-order valence-electron chi connectivity index (χ4n) is 2.21. The van der Waals surface area contributed by atoms with Gasteiger partial charge in [-0.3, -0.25) is 0 Å². The number of benzene rings is 2. The Hall–Kier alpha value is -1.56. The number of hydrogen-bond donors (Lipinski definition) is 2. The fourth-order valence-corrected chi connectivity index (χ4v) is 2.68. The zero-order valence-corrected chi connectivity index (χ0v) is 15.0. The maximum atomic E-state index is 8.84. The molecule has 0 aromatic heterocycles. The van der Waals surface area contributed by atoms with E-state index in [1.807, 2.05) is 24.3 Å². The highest BCUT2D eigenvalue weighted by Crippen LogP contribution is 2.34. The summed E-state index contributed by atoms with van der Waals surface area (Å²) < 4.78 is 12.3. The van der Waals surface area contributed by atoms with Crippen molar-refractivity contribution in [3.05, 3.63) is 57.6 Å². The molecule has 2 rings (SSSR count). The topological polar surface area (TPSA) is 50.7 Å². The minimum atomic E-state index is 0.117. The Bertz CT molecular complexity index is 646. The first-order valence-corrected chi connectivity index (χ1v) is 8.30. The zero-order chi connectivity index (χ0) is 16.7. The molecule has 2 aromatic carbocycles. The van der Waals surface area contributed by atoms with E-state index in [1.165, 1.54) is 5.56 Å². The molecule has 0 amide bonds. The number of nitrogens with one attached hydrogen (secondary N) is 1. The van der Waals surface area contributed by atoms with Gasteiger partial charge in [-0.25, -0.2) is 0 Å². The van der Waals surface area contributed by atoms with Gasteiger partial charge in [-0.15, -0.1) is 0 Å². The molecule has 0 saturated heterocycles. The van der Waals surface area contributed by atoms with E-state index in [1.54, 1.807) is 7.11 Å². The summed E-state index contributed by atoms with van der Waals surface area (Å²) in [7, 11) is 1.63. The van der Waals surface area contributed by atoms with Crippen LogP contribution in [0.3, 0.4) is 0 Å². The van der Waals surface area contributed by atoms with Crippen molar-refractivity contribution >= 4 is 15.9 Å². The van der Waals surface area contributed by atoms with E-state index in [9.17, 15) is 0 Å². The highest BCUT2D eigenvalue weighted by molar-refractivity contribution is 9.10. The molecule has 0 bridgehead atoms. The Labute approximate surface area is 145 Å². The molecule has 0 fully saturated rings. The average Bonchev–Trinajstić information content (AvgIpc) is 2.56. The Morgan fingerprint density at radius 2 is 1.91 bits per heavy atom. The van der Waals surface area contributed by atoms with E-state index in [0.717, 1.165) is 15.6 Å². The van der Waals surface area contributed by atoms with Gasteiger partial charge in [0.25, 0.3) is 0 Å². The van der Waals surface area contributed by atoms with Crippen LogP contribution in [0, 0.1) is 6.92 Å². The van der Waals surface area contributed by atoms with Crippen LogP contribution in [0.25, 0.3) is 0 Å². The molecule has 0 saturated carbocycles. The van der Waals surface area contributed by atoms with Crippen molar-refractivity contribution in [1.82, 2.24) is 5.32 Å². The van der Waals surface area contributed by atoms with Crippen molar-refractivity contribution in [1.29, 1.82) is 0 Å². The largest absolute Gasteiger partial charge is 0.493 e. The second-order valence-electron chi connectivity index (χ2n) is 5.21. The molecule has 5 heteroatoms. The third-order valence-electron chi connectivity index (χ3n) is 3.58. The van der Waals surface area contributed by atoms with Crippen LogP contribution < -0.4 is 14.8 Å². The number of rotatable bonds is 8. The third-order valence-corrected chi connectivity index (χ3v) is 4.32. The normalized spacial score (nSPS) is 10.6. The van der Waals surface area contributed by atoms with Crippen molar-refractivity contribution in [3.63, 3.8) is 0 Å². The van der Waals surface area contributed by atoms with Crippen LogP contribution in [-0.2, 0) is 13.2 Å². The molecule has 0 aliphatic rings. The number of methoxy groups -OCH3 is 1. The summed E-state index contributed by atoms with van der Waals surface area (Å²) in [6.07, 6.45) is 0. The number of ether oxygens (including phenoxy) is 2. The SMILES string of the molecule is COc1cc(CNCCO)c(Br)cc1OCc1ccccc1C. The second-order valence-corrected chi connectivity index (χ2v) is 6.06. The monoisotopic (exact) mass is 379 g/mol. The van der Waals surface area contributed by atoms with Gasteiger partial charge < -0.3 is 19.9 Å². The number of hydrogen-bond acceptors (Lipinski definition) is 4. The van der Waals surface area contributed by atoms with E-state index in [4.69, 9.17) is 14.6 Å². The average molecular weight is 380 g/mol. The van der Waals surface area contributed by atoms with Crippen molar-refractivity contribution < 1.29 is 14.6 Å². The van der Waals surface area contributed by atoms with Gasteiger partial charge in [-0.2, -0.15) is 0 Å². The van der Waals surface area contributed by atoms with Crippen molar-refractivity contribution in [3.8, 4) is 11.5 Å². The molecule has 0 spiro atoms. The summed E-state index contributed by atoms with van der Waals surface area (Å²) >= 11 is 3.57. The van der Waals surface area contributed by atoms with Gasteiger partial charge in [-0.05, 0) is 35.7 Å². The molecule has 0 aliphatic carbocycles. The molecule has 23 heavy (non-hydrogen) atoms. The maximum Gasteiger partial charge on any atom is 0.162 e. The molecular formula is C18H22BrNO3. The first-order valence-electron chi connectivity index (χ1n) is 7.51. The highest BCUT2D eigenvalue weighted by Gasteiger charge is 2.11. The Balaban J connectivity index is 2.12. The Morgan fingerprint density at radius 3 is 2.61 bits per heavy atom. The van der Waals surface area contributed by atoms with E-state index >= 15 is 0 Å². The van der Waals surface area contributed by atoms with E-state index in [-0.39, 0.29) is 6.61 Å². The fraction of sp³-hybridized carbons (Fsp3) is 0.333.